The van der Waals surface area contributed by atoms with Crippen molar-refractivity contribution in [2.75, 3.05) is 0 Å². The van der Waals surface area contributed by atoms with Gasteiger partial charge in [-0.3, -0.25) is 9.11 Å². The van der Waals surface area contributed by atoms with Gasteiger partial charge in [0.25, 0.3) is 0 Å². The van der Waals surface area contributed by atoms with Crippen LogP contribution in [0.15, 0.2) is 0 Å². The second kappa shape index (κ2) is 17.3. The number of rotatable bonds is 0. The van der Waals surface area contributed by atoms with E-state index in [1.165, 1.54) is 0 Å². The SMILES string of the molecule is Cl.N.N.O=S(=O)(O)O.P.[H-].[K+]. The molecule has 0 spiro atoms. The van der Waals surface area contributed by atoms with E-state index in [0.717, 1.165) is 0 Å². The summed E-state index contributed by atoms with van der Waals surface area (Å²) >= 11 is 0. The van der Waals surface area contributed by atoms with Crippen LogP contribution in [-0.4, -0.2) is 17.5 Å². The number of hydrogen-bond donors (Lipinski definition) is 4. The maximum atomic E-state index is 8.74. The van der Waals surface area contributed by atoms with E-state index in [4.69, 9.17) is 17.5 Å². The maximum absolute atomic E-state index is 8.74. The molecule has 0 aliphatic carbocycles. The van der Waals surface area contributed by atoms with E-state index in [2.05, 4.69) is 0 Å². The molecule has 0 aromatic rings. The summed E-state index contributed by atoms with van der Waals surface area (Å²) in [7, 11) is -4.67. The Morgan fingerprint density at radius 3 is 1.10 bits per heavy atom. The summed E-state index contributed by atoms with van der Waals surface area (Å²) in [5.41, 5.74) is 0. The molecule has 0 saturated carbocycles. The first-order chi connectivity index (χ1) is 2.00. The molecular formula is H13ClKN2O4PS. The topological polar surface area (TPSA) is 145 Å². The number of halogens is 1. The molecule has 6 nitrogen and oxygen atoms in total. The first kappa shape index (κ1) is 39.9. The van der Waals surface area contributed by atoms with Crippen LogP contribution in [-0.2, 0) is 10.4 Å². The minimum Gasteiger partial charge on any atom is -1.00 e. The molecule has 0 aliphatic heterocycles. The zero-order valence-electron chi connectivity index (χ0n) is 6.65. The van der Waals surface area contributed by atoms with Gasteiger partial charge in [0.1, 0.15) is 0 Å². The Labute approximate surface area is 114 Å². The standard InChI is InChI=1S/ClH.K.2H3N.H2O4S.H3P.H/c;;;;1-5(2,3)4;;/h1H;;2*1H3;(H2,1,2,3,4);1H3;/q;+1;;;;;-1. The minimum absolute atomic E-state index is 0. The molecule has 10 heavy (non-hydrogen) atoms. The largest absolute Gasteiger partial charge is 1.00 e. The smallest absolute Gasteiger partial charge is 1.00 e. The summed E-state index contributed by atoms with van der Waals surface area (Å²) < 4.78 is 31.6. The van der Waals surface area contributed by atoms with Crippen LogP contribution < -0.4 is 63.7 Å². The Hall–Kier alpha value is 2.15. The third-order valence-electron chi connectivity index (χ3n) is 0. The fourth-order valence-corrected chi connectivity index (χ4v) is 0. The molecular weight excluding hydrogens is 230 g/mol. The van der Waals surface area contributed by atoms with E-state index in [1.54, 1.807) is 0 Å². The minimum atomic E-state index is -4.67. The quantitative estimate of drug-likeness (QED) is 0.206. The Morgan fingerprint density at radius 2 is 1.10 bits per heavy atom. The van der Waals surface area contributed by atoms with Crippen molar-refractivity contribution >= 4 is 32.7 Å². The van der Waals surface area contributed by atoms with Crippen LogP contribution in [0.5, 0.6) is 0 Å². The molecule has 0 aliphatic rings. The van der Waals surface area contributed by atoms with Crippen LogP contribution in [0.2, 0.25) is 0 Å². The monoisotopic (exact) mass is 242 g/mol. The van der Waals surface area contributed by atoms with Gasteiger partial charge in [-0.2, -0.15) is 18.3 Å². The molecule has 0 aromatic carbocycles. The zero-order valence-corrected chi connectivity index (χ0v) is 11.8. The van der Waals surface area contributed by atoms with Gasteiger partial charge in [0, 0.05) is 0 Å². The summed E-state index contributed by atoms with van der Waals surface area (Å²) in [6.45, 7) is 0. The molecule has 1 atom stereocenters. The molecule has 1 unspecified atom stereocenters. The van der Waals surface area contributed by atoms with E-state index in [9.17, 15) is 0 Å². The van der Waals surface area contributed by atoms with Gasteiger partial charge in [-0.25, -0.2) is 0 Å². The van der Waals surface area contributed by atoms with Crippen LogP contribution >= 0.6 is 22.3 Å². The predicted octanol–water partition coefficient (Wildman–Crippen LogP) is -2.73. The molecule has 8 N–H and O–H groups in total. The van der Waals surface area contributed by atoms with E-state index in [0.29, 0.717) is 0 Å². The summed E-state index contributed by atoms with van der Waals surface area (Å²) in [5.74, 6) is 0. The molecule has 0 aromatic heterocycles. The fraction of sp³-hybridized carbons (Fsp3) is 0. The van der Waals surface area contributed by atoms with Gasteiger partial charge in [0.2, 0.25) is 0 Å². The van der Waals surface area contributed by atoms with E-state index in [1.807, 2.05) is 0 Å². The molecule has 0 saturated heterocycles. The average molecular weight is 243 g/mol. The van der Waals surface area contributed by atoms with Crippen molar-refractivity contribution in [2.45, 2.75) is 0 Å². The van der Waals surface area contributed by atoms with Crippen LogP contribution in [0.1, 0.15) is 1.43 Å². The Morgan fingerprint density at radius 1 is 1.10 bits per heavy atom. The third-order valence-corrected chi connectivity index (χ3v) is 0. The normalized spacial score (nSPS) is 5.80. The van der Waals surface area contributed by atoms with Crippen LogP contribution in [0.3, 0.4) is 0 Å². The second-order valence-electron chi connectivity index (χ2n) is 0.448. The van der Waals surface area contributed by atoms with E-state index < -0.39 is 10.4 Å². The summed E-state index contributed by atoms with van der Waals surface area (Å²) in [6, 6.07) is 0. The Bertz CT molecular complexity index is 111. The molecule has 0 amide bonds. The van der Waals surface area contributed by atoms with Crippen molar-refractivity contribution in [3.05, 3.63) is 0 Å². The van der Waals surface area contributed by atoms with E-state index in [-0.39, 0.29) is 87.4 Å². The van der Waals surface area contributed by atoms with Crippen molar-refractivity contribution < 1.29 is 70.3 Å². The first-order valence-electron chi connectivity index (χ1n) is 0.698. The van der Waals surface area contributed by atoms with Gasteiger partial charge in [0.05, 0.1) is 0 Å². The van der Waals surface area contributed by atoms with Gasteiger partial charge in [-0.05, 0) is 0 Å². The average Bonchev–Trinajstić information content (AvgIpc) is 0.722. The molecule has 66 valence electrons. The number of hydrogen-bond acceptors (Lipinski definition) is 4. The van der Waals surface area contributed by atoms with Gasteiger partial charge in [-0.1, -0.05) is 0 Å². The molecule has 0 radical (unpaired) electrons. The van der Waals surface area contributed by atoms with Gasteiger partial charge in [0.15, 0.2) is 0 Å². The molecule has 10 heteroatoms. The van der Waals surface area contributed by atoms with Gasteiger partial charge in [-0.15, -0.1) is 12.4 Å². The molecule has 0 fully saturated rings. The molecule has 0 heterocycles. The van der Waals surface area contributed by atoms with Crippen molar-refractivity contribution in [2.24, 2.45) is 0 Å². The maximum Gasteiger partial charge on any atom is 1.00 e. The van der Waals surface area contributed by atoms with Crippen molar-refractivity contribution in [3.63, 3.8) is 0 Å². The van der Waals surface area contributed by atoms with Crippen molar-refractivity contribution in [1.82, 2.24) is 12.3 Å². The summed E-state index contributed by atoms with van der Waals surface area (Å²) in [6.07, 6.45) is 0. The van der Waals surface area contributed by atoms with Crippen LogP contribution in [0.25, 0.3) is 0 Å². The first-order valence-corrected chi connectivity index (χ1v) is 2.10. The van der Waals surface area contributed by atoms with Gasteiger partial charge >= 0.3 is 61.8 Å². The van der Waals surface area contributed by atoms with Crippen LogP contribution in [0, 0.1) is 0 Å². The van der Waals surface area contributed by atoms with Crippen molar-refractivity contribution in [1.29, 1.82) is 0 Å². The summed E-state index contributed by atoms with van der Waals surface area (Å²) in [5, 5.41) is 0. The third kappa shape index (κ3) is 184. The second-order valence-corrected chi connectivity index (χ2v) is 1.34. The fourth-order valence-electron chi connectivity index (χ4n) is 0. The Balaban J connectivity index is -0.00000000533. The summed E-state index contributed by atoms with van der Waals surface area (Å²) in [4.78, 5) is 0. The molecule has 0 rings (SSSR count). The Kier molecular flexibility index (Phi) is 69.1. The molecule has 0 bridgehead atoms. The van der Waals surface area contributed by atoms with Crippen LogP contribution in [0.4, 0.5) is 0 Å². The predicted molar refractivity (Wildman–Crippen MR) is 43.7 cm³/mol. The zero-order chi connectivity index (χ0) is 4.50. The van der Waals surface area contributed by atoms with E-state index >= 15 is 0 Å². The van der Waals surface area contributed by atoms with Gasteiger partial charge < -0.3 is 13.7 Å². The van der Waals surface area contributed by atoms with Crippen molar-refractivity contribution in [3.8, 4) is 0 Å².